The summed E-state index contributed by atoms with van der Waals surface area (Å²) in [7, 11) is 0. The minimum absolute atomic E-state index is 0.0658. The van der Waals surface area contributed by atoms with Crippen LogP contribution >= 0.6 is 0 Å². The van der Waals surface area contributed by atoms with Gasteiger partial charge in [-0.05, 0) is 6.92 Å². The van der Waals surface area contributed by atoms with E-state index in [4.69, 9.17) is 14.6 Å². The van der Waals surface area contributed by atoms with Gasteiger partial charge in [-0.15, -0.1) is 0 Å². The van der Waals surface area contributed by atoms with Gasteiger partial charge in [0.15, 0.2) is 0 Å². The van der Waals surface area contributed by atoms with Crippen molar-refractivity contribution in [3.8, 4) is 0 Å². The van der Waals surface area contributed by atoms with Crippen molar-refractivity contribution in [3.05, 3.63) is 24.3 Å². The molecular weight excluding hydrogens is 192 g/mol. The molecule has 0 bridgehead atoms. The first-order valence-electron chi connectivity index (χ1n) is 5.37. The molecule has 0 aromatic rings. The van der Waals surface area contributed by atoms with Crippen molar-refractivity contribution in [1.82, 2.24) is 0 Å². The number of aliphatic hydroxyl groups is 1. The van der Waals surface area contributed by atoms with Crippen molar-refractivity contribution < 1.29 is 14.6 Å². The molecule has 15 heavy (non-hydrogen) atoms. The Morgan fingerprint density at radius 3 is 2.73 bits per heavy atom. The van der Waals surface area contributed by atoms with E-state index in [-0.39, 0.29) is 12.2 Å². The summed E-state index contributed by atoms with van der Waals surface area (Å²) in [6.07, 6.45) is 8.25. The summed E-state index contributed by atoms with van der Waals surface area (Å²) in [6.45, 7) is 5.74. The van der Waals surface area contributed by atoms with Gasteiger partial charge < -0.3 is 14.6 Å². The average molecular weight is 212 g/mol. The van der Waals surface area contributed by atoms with E-state index in [0.717, 1.165) is 0 Å². The Bertz CT molecular complexity index is 235. The van der Waals surface area contributed by atoms with Crippen molar-refractivity contribution in [2.24, 2.45) is 5.92 Å². The summed E-state index contributed by atoms with van der Waals surface area (Å²) < 4.78 is 10.9. The van der Waals surface area contributed by atoms with Crippen molar-refractivity contribution in [1.29, 1.82) is 0 Å². The lowest BCUT2D eigenvalue weighted by atomic mass is 9.87. The van der Waals surface area contributed by atoms with E-state index in [2.05, 4.69) is 26.0 Å². The zero-order chi connectivity index (χ0) is 11.1. The first-order chi connectivity index (χ1) is 7.19. The quantitative estimate of drug-likeness (QED) is 0.679. The lowest BCUT2D eigenvalue weighted by Gasteiger charge is -2.33. The fourth-order valence-corrected chi connectivity index (χ4v) is 1.49. The summed E-state index contributed by atoms with van der Waals surface area (Å²) in [5, 5.41) is 8.52. The zero-order valence-corrected chi connectivity index (χ0v) is 9.48. The predicted molar refractivity (Wildman–Crippen MR) is 59.7 cm³/mol. The number of allylic oxidation sites excluding steroid dienone is 2. The number of aliphatic hydroxyl groups excluding tert-OH is 1. The van der Waals surface area contributed by atoms with Gasteiger partial charge in [-0.25, -0.2) is 0 Å². The predicted octanol–water partition coefficient (Wildman–Crippen LogP) is 1.53. The van der Waals surface area contributed by atoms with Crippen molar-refractivity contribution in [2.75, 3.05) is 26.4 Å². The molecule has 0 aromatic heterocycles. The summed E-state index contributed by atoms with van der Waals surface area (Å²) in [5.41, 5.74) is -0.225. The second kappa shape index (κ2) is 6.05. The Balaban J connectivity index is 2.24. The highest BCUT2D eigenvalue weighted by Gasteiger charge is 2.28. The Morgan fingerprint density at radius 1 is 1.27 bits per heavy atom. The van der Waals surface area contributed by atoms with Gasteiger partial charge in [-0.1, -0.05) is 31.2 Å². The fourth-order valence-electron chi connectivity index (χ4n) is 1.49. The molecule has 1 N–H and O–H groups in total. The fraction of sp³-hybridized carbons (Fsp3) is 0.667. The number of hydrogen-bond donors (Lipinski definition) is 1. The van der Waals surface area contributed by atoms with Crippen molar-refractivity contribution >= 4 is 0 Å². The maximum Gasteiger partial charge on any atom is 0.0898 e. The van der Waals surface area contributed by atoms with Crippen LogP contribution in [0.3, 0.4) is 0 Å². The summed E-state index contributed by atoms with van der Waals surface area (Å²) in [4.78, 5) is 0. The Morgan fingerprint density at radius 2 is 2.07 bits per heavy atom. The van der Waals surface area contributed by atoms with E-state index in [1.165, 1.54) is 0 Å². The van der Waals surface area contributed by atoms with Crippen LogP contribution in [0.25, 0.3) is 0 Å². The third-order valence-corrected chi connectivity index (χ3v) is 2.72. The summed E-state index contributed by atoms with van der Waals surface area (Å²) in [6, 6.07) is 0. The van der Waals surface area contributed by atoms with Crippen molar-refractivity contribution in [2.45, 2.75) is 19.4 Å². The van der Waals surface area contributed by atoms with Crippen LogP contribution in [-0.2, 0) is 9.47 Å². The molecule has 3 nitrogen and oxygen atoms in total. The monoisotopic (exact) mass is 212 g/mol. The molecular formula is C12H20O3. The van der Waals surface area contributed by atoms with Crippen LogP contribution in [0.1, 0.15) is 13.8 Å². The SMILES string of the molecule is CC1C=CC=CC1(C)OCCOCCO. The van der Waals surface area contributed by atoms with Gasteiger partial charge in [-0.2, -0.15) is 0 Å². The van der Waals surface area contributed by atoms with Crippen molar-refractivity contribution in [3.63, 3.8) is 0 Å². The third-order valence-electron chi connectivity index (χ3n) is 2.72. The number of ether oxygens (including phenoxy) is 2. The molecule has 0 heterocycles. The molecule has 1 rings (SSSR count). The molecule has 0 saturated heterocycles. The van der Waals surface area contributed by atoms with Gasteiger partial charge >= 0.3 is 0 Å². The number of hydrogen-bond acceptors (Lipinski definition) is 3. The van der Waals surface area contributed by atoms with Crippen LogP contribution in [0.15, 0.2) is 24.3 Å². The maximum absolute atomic E-state index is 8.52. The molecule has 0 aromatic carbocycles. The molecule has 1 aliphatic rings. The van der Waals surface area contributed by atoms with Crippen LogP contribution in [0.4, 0.5) is 0 Å². The molecule has 0 saturated carbocycles. The Labute approximate surface area is 91.4 Å². The van der Waals surface area contributed by atoms with E-state index >= 15 is 0 Å². The van der Waals surface area contributed by atoms with E-state index in [9.17, 15) is 0 Å². The molecule has 1 aliphatic carbocycles. The highest BCUT2D eigenvalue weighted by atomic mass is 16.5. The minimum atomic E-state index is -0.225. The largest absolute Gasteiger partial charge is 0.394 e. The normalized spacial score (nSPS) is 29.7. The van der Waals surface area contributed by atoms with E-state index in [1.807, 2.05) is 12.2 Å². The first kappa shape index (κ1) is 12.4. The van der Waals surface area contributed by atoms with Gasteiger partial charge in [0.25, 0.3) is 0 Å². The average Bonchev–Trinajstić information content (AvgIpc) is 2.23. The van der Waals surface area contributed by atoms with Gasteiger partial charge in [0.1, 0.15) is 0 Å². The van der Waals surface area contributed by atoms with Crippen LogP contribution in [0.5, 0.6) is 0 Å². The van der Waals surface area contributed by atoms with E-state index < -0.39 is 0 Å². The molecule has 0 spiro atoms. The highest BCUT2D eigenvalue weighted by Crippen LogP contribution is 2.27. The minimum Gasteiger partial charge on any atom is -0.394 e. The van der Waals surface area contributed by atoms with Gasteiger partial charge in [0.05, 0.1) is 32.0 Å². The van der Waals surface area contributed by atoms with Gasteiger partial charge in [-0.3, -0.25) is 0 Å². The topological polar surface area (TPSA) is 38.7 Å². The molecule has 2 atom stereocenters. The van der Waals surface area contributed by atoms with Crippen LogP contribution < -0.4 is 0 Å². The van der Waals surface area contributed by atoms with E-state index in [1.54, 1.807) is 0 Å². The molecule has 0 fully saturated rings. The maximum atomic E-state index is 8.52. The Kier molecular flexibility index (Phi) is 5.02. The lowest BCUT2D eigenvalue weighted by Crippen LogP contribution is -2.35. The molecule has 0 amide bonds. The Hall–Kier alpha value is -0.640. The first-order valence-corrected chi connectivity index (χ1v) is 5.37. The summed E-state index contributed by atoms with van der Waals surface area (Å²) >= 11 is 0. The van der Waals surface area contributed by atoms with Gasteiger partial charge in [0.2, 0.25) is 0 Å². The second-order valence-corrected chi connectivity index (χ2v) is 3.90. The smallest absolute Gasteiger partial charge is 0.0898 e. The van der Waals surface area contributed by atoms with Crippen LogP contribution in [0.2, 0.25) is 0 Å². The highest BCUT2D eigenvalue weighted by molar-refractivity contribution is 5.20. The lowest BCUT2D eigenvalue weighted by molar-refractivity contribution is -0.0503. The number of rotatable bonds is 6. The van der Waals surface area contributed by atoms with E-state index in [0.29, 0.717) is 25.7 Å². The third kappa shape index (κ3) is 3.78. The second-order valence-electron chi connectivity index (χ2n) is 3.90. The summed E-state index contributed by atoms with van der Waals surface area (Å²) in [5.74, 6) is 0.375. The van der Waals surface area contributed by atoms with Crippen LogP contribution in [-0.4, -0.2) is 37.1 Å². The van der Waals surface area contributed by atoms with Crippen LogP contribution in [0, 0.1) is 5.92 Å². The molecule has 2 unspecified atom stereocenters. The molecule has 0 aliphatic heterocycles. The molecule has 0 radical (unpaired) electrons. The molecule has 3 heteroatoms. The molecule has 86 valence electrons. The standard InChI is InChI=1S/C12H20O3/c1-11-5-3-4-6-12(11,2)15-10-9-14-8-7-13/h3-6,11,13H,7-10H2,1-2H3. The van der Waals surface area contributed by atoms with Gasteiger partial charge in [0, 0.05) is 5.92 Å². The zero-order valence-electron chi connectivity index (χ0n) is 9.48.